The molecule has 1 aromatic rings. The van der Waals surface area contributed by atoms with Crippen molar-refractivity contribution in [3.8, 4) is 5.75 Å². The van der Waals surface area contributed by atoms with Crippen LogP contribution in [0.15, 0.2) is 18.2 Å². The van der Waals surface area contributed by atoms with Crippen molar-refractivity contribution in [1.82, 2.24) is 5.32 Å². The van der Waals surface area contributed by atoms with Crippen LogP contribution in [0.5, 0.6) is 5.75 Å². The Morgan fingerprint density at radius 3 is 3.13 bits per heavy atom. The maximum Gasteiger partial charge on any atom is 0.123 e. The highest BCUT2D eigenvalue weighted by molar-refractivity contribution is 5.40. The Morgan fingerprint density at radius 1 is 1.47 bits per heavy atom. The number of hydrogen-bond donors (Lipinski definition) is 1. The van der Waals surface area contributed by atoms with Crippen molar-refractivity contribution in [1.29, 1.82) is 0 Å². The summed E-state index contributed by atoms with van der Waals surface area (Å²) in [5.41, 5.74) is 2.75. The molecule has 1 aliphatic rings. The third-order valence-corrected chi connectivity index (χ3v) is 2.86. The molecule has 2 rings (SSSR count). The Balaban J connectivity index is 2.00. The van der Waals surface area contributed by atoms with E-state index in [4.69, 9.17) is 4.74 Å². The Kier molecular flexibility index (Phi) is 3.27. The molecule has 1 N–H and O–H groups in total. The molecule has 0 aromatic heterocycles. The van der Waals surface area contributed by atoms with E-state index in [9.17, 15) is 0 Å². The van der Waals surface area contributed by atoms with Crippen molar-refractivity contribution >= 4 is 0 Å². The summed E-state index contributed by atoms with van der Waals surface area (Å²) in [5.74, 6) is 1.10. The fraction of sp³-hybridized carbons (Fsp3) is 0.538. The summed E-state index contributed by atoms with van der Waals surface area (Å²) in [6.07, 6.45) is 3.73. The lowest BCUT2D eigenvalue weighted by Gasteiger charge is -2.05. The molecule has 0 saturated carbocycles. The third kappa shape index (κ3) is 2.51. The van der Waals surface area contributed by atoms with Gasteiger partial charge in [0.1, 0.15) is 11.9 Å². The monoisotopic (exact) mass is 205 g/mol. The minimum atomic E-state index is 0.354. The molecule has 0 bridgehead atoms. The first-order chi connectivity index (χ1) is 7.29. The lowest BCUT2D eigenvalue weighted by Crippen LogP contribution is -2.08. The maximum atomic E-state index is 5.74. The molecule has 15 heavy (non-hydrogen) atoms. The van der Waals surface area contributed by atoms with Crippen LogP contribution in [-0.4, -0.2) is 19.7 Å². The zero-order chi connectivity index (χ0) is 10.7. The summed E-state index contributed by atoms with van der Waals surface area (Å²) in [6, 6.07) is 6.65. The van der Waals surface area contributed by atoms with Crippen molar-refractivity contribution in [2.75, 3.05) is 13.6 Å². The maximum absolute atomic E-state index is 5.74. The van der Waals surface area contributed by atoms with Gasteiger partial charge < -0.3 is 10.1 Å². The van der Waals surface area contributed by atoms with Crippen LogP contribution in [0.4, 0.5) is 0 Å². The van der Waals surface area contributed by atoms with Gasteiger partial charge in [-0.2, -0.15) is 0 Å². The average molecular weight is 205 g/mol. The molecule has 0 fully saturated rings. The lowest BCUT2D eigenvalue weighted by molar-refractivity contribution is 0.254. The first kappa shape index (κ1) is 10.5. The zero-order valence-electron chi connectivity index (χ0n) is 9.55. The van der Waals surface area contributed by atoms with Gasteiger partial charge >= 0.3 is 0 Å². The molecule has 82 valence electrons. The van der Waals surface area contributed by atoms with E-state index in [1.165, 1.54) is 17.5 Å². The van der Waals surface area contributed by atoms with Crippen molar-refractivity contribution in [3.05, 3.63) is 29.3 Å². The first-order valence-corrected chi connectivity index (χ1v) is 5.72. The smallest absolute Gasteiger partial charge is 0.123 e. The minimum absolute atomic E-state index is 0.354. The summed E-state index contributed by atoms with van der Waals surface area (Å²) < 4.78 is 5.74. The van der Waals surface area contributed by atoms with Crippen LogP contribution in [0.1, 0.15) is 24.5 Å². The van der Waals surface area contributed by atoms with E-state index < -0.39 is 0 Å². The highest BCUT2D eigenvalue weighted by atomic mass is 16.5. The molecule has 1 aromatic carbocycles. The second-order valence-corrected chi connectivity index (χ2v) is 4.28. The molecule has 0 spiro atoms. The number of benzene rings is 1. The van der Waals surface area contributed by atoms with Crippen LogP contribution in [0.25, 0.3) is 0 Å². The van der Waals surface area contributed by atoms with E-state index in [1.807, 2.05) is 7.05 Å². The second-order valence-electron chi connectivity index (χ2n) is 4.28. The molecule has 0 amide bonds. The van der Waals surface area contributed by atoms with Crippen LogP contribution in [-0.2, 0) is 12.8 Å². The number of rotatable bonds is 4. The average Bonchev–Trinajstić information content (AvgIpc) is 2.57. The predicted octanol–water partition coefficient (Wildman–Crippen LogP) is 2.16. The fourth-order valence-corrected chi connectivity index (χ4v) is 2.07. The van der Waals surface area contributed by atoms with E-state index in [1.54, 1.807) is 0 Å². The zero-order valence-corrected chi connectivity index (χ0v) is 9.55. The second kappa shape index (κ2) is 4.67. The molecule has 2 heteroatoms. The highest BCUT2D eigenvalue weighted by Crippen LogP contribution is 2.29. The summed E-state index contributed by atoms with van der Waals surface area (Å²) >= 11 is 0. The molecule has 1 unspecified atom stereocenters. The van der Waals surface area contributed by atoms with E-state index >= 15 is 0 Å². The SMILES string of the molecule is CNCCCc1ccc2c(c1)OC(C)C2. The number of nitrogens with one attached hydrogen (secondary N) is 1. The van der Waals surface area contributed by atoms with Crippen LogP contribution >= 0.6 is 0 Å². The van der Waals surface area contributed by atoms with Crippen LogP contribution in [0.3, 0.4) is 0 Å². The van der Waals surface area contributed by atoms with Crippen LogP contribution in [0, 0.1) is 0 Å². The topological polar surface area (TPSA) is 21.3 Å². The Hall–Kier alpha value is -1.02. The fourth-order valence-electron chi connectivity index (χ4n) is 2.07. The standard InChI is InChI=1S/C13H19NO/c1-10-8-12-6-5-11(4-3-7-14-2)9-13(12)15-10/h5-6,9-10,14H,3-4,7-8H2,1-2H3. The van der Waals surface area contributed by atoms with E-state index in [0.717, 1.165) is 25.1 Å². The molecular weight excluding hydrogens is 186 g/mol. The van der Waals surface area contributed by atoms with Crippen LogP contribution < -0.4 is 10.1 Å². The van der Waals surface area contributed by atoms with Crippen LogP contribution in [0.2, 0.25) is 0 Å². The summed E-state index contributed by atoms with van der Waals surface area (Å²) in [6.45, 7) is 3.20. The van der Waals surface area contributed by atoms with Gasteiger partial charge in [-0.1, -0.05) is 12.1 Å². The van der Waals surface area contributed by atoms with Gasteiger partial charge in [0.2, 0.25) is 0 Å². The minimum Gasteiger partial charge on any atom is -0.490 e. The van der Waals surface area contributed by atoms with Crippen molar-refractivity contribution in [2.45, 2.75) is 32.3 Å². The van der Waals surface area contributed by atoms with Gasteiger partial charge in [0.25, 0.3) is 0 Å². The highest BCUT2D eigenvalue weighted by Gasteiger charge is 2.18. The van der Waals surface area contributed by atoms with Gasteiger partial charge in [0, 0.05) is 6.42 Å². The van der Waals surface area contributed by atoms with Crippen molar-refractivity contribution in [3.63, 3.8) is 0 Å². The molecule has 1 heterocycles. The molecule has 2 nitrogen and oxygen atoms in total. The number of aryl methyl sites for hydroxylation is 1. The first-order valence-electron chi connectivity index (χ1n) is 5.72. The third-order valence-electron chi connectivity index (χ3n) is 2.86. The molecule has 0 aliphatic carbocycles. The number of ether oxygens (including phenoxy) is 1. The van der Waals surface area contributed by atoms with Gasteiger partial charge in [-0.25, -0.2) is 0 Å². The molecule has 1 aliphatic heterocycles. The Bertz CT molecular complexity index is 335. The van der Waals surface area contributed by atoms with Gasteiger partial charge in [-0.05, 0) is 50.6 Å². The van der Waals surface area contributed by atoms with Gasteiger partial charge in [0.15, 0.2) is 0 Å². The molecule has 1 atom stereocenters. The van der Waals surface area contributed by atoms with Gasteiger partial charge in [-0.3, -0.25) is 0 Å². The number of hydrogen-bond acceptors (Lipinski definition) is 2. The van der Waals surface area contributed by atoms with Crippen molar-refractivity contribution < 1.29 is 4.74 Å². The number of fused-ring (bicyclic) bond motifs is 1. The Morgan fingerprint density at radius 2 is 2.33 bits per heavy atom. The summed E-state index contributed by atoms with van der Waals surface area (Å²) in [7, 11) is 1.99. The normalized spacial score (nSPS) is 18.7. The molecular formula is C13H19NO. The van der Waals surface area contributed by atoms with Gasteiger partial charge in [0.05, 0.1) is 0 Å². The Labute approximate surface area is 91.6 Å². The summed E-state index contributed by atoms with van der Waals surface area (Å²) in [5, 5.41) is 3.17. The summed E-state index contributed by atoms with van der Waals surface area (Å²) in [4.78, 5) is 0. The molecule has 0 radical (unpaired) electrons. The van der Waals surface area contributed by atoms with E-state index in [0.29, 0.717) is 6.10 Å². The van der Waals surface area contributed by atoms with E-state index in [-0.39, 0.29) is 0 Å². The van der Waals surface area contributed by atoms with E-state index in [2.05, 4.69) is 30.4 Å². The quantitative estimate of drug-likeness (QED) is 0.761. The predicted molar refractivity (Wildman–Crippen MR) is 62.5 cm³/mol. The largest absolute Gasteiger partial charge is 0.490 e. The van der Waals surface area contributed by atoms with Gasteiger partial charge in [-0.15, -0.1) is 0 Å². The van der Waals surface area contributed by atoms with Crippen molar-refractivity contribution in [2.24, 2.45) is 0 Å². The molecule has 0 saturated heterocycles. The lowest BCUT2D eigenvalue weighted by atomic mass is 10.0.